The van der Waals surface area contributed by atoms with E-state index >= 15 is 0 Å². The van der Waals surface area contributed by atoms with Crippen LogP contribution in [0.5, 0.6) is 5.75 Å². The maximum absolute atomic E-state index is 11.9. The van der Waals surface area contributed by atoms with Crippen molar-refractivity contribution in [3.63, 3.8) is 0 Å². The number of carbonyl (C=O) groups excluding carboxylic acids is 1. The van der Waals surface area contributed by atoms with Crippen molar-refractivity contribution in [3.05, 3.63) is 71.9 Å². The highest BCUT2D eigenvalue weighted by Gasteiger charge is 2.07. The minimum atomic E-state index is -1.06. The van der Waals surface area contributed by atoms with E-state index in [4.69, 9.17) is 14.3 Å². The summed E-state index contributed by atoms with van der Waals surface area (Å²) in [5.74, 6) is -0.393. The Hall–Kier alpha value is -3.68. The molecule has 3 aromatic rings. The summed E-state index contributed by atoms with van der Waals surface area (Å²) in [5.41, 5.74) is 1.46. The molecular weight excluding hydrogens is 338 g/mol. The van der Waals surface area contributed by atoms with Crippen molar-refractivity contribution >= 4 is 17.6 Å². The molecule has 1 aromatic heterocycles. The molecule has 26 heavy (non-hydrogen) atoms. The van der Waals surface area contributed by atoms with Gasteiger partial charge in [-0.15, -0.1) is 10.2 Å². The lowest BCUT2D eigenvalue weighted by Crippen LogP contribution is -2.20. The molecular formula is C18H15N3O5. The lowest BCUT2D eigenvalue weighted by molar-refractivity contribution is -0.118. The molecule has 8 nitrogen and oxygen atoms in total. The number of nitrogens with zero attached hydrogens (tertiary/aromatic N) is 2. The zero-order valence-corrected chi connectivity index (χ0v) is 13.6. The molecule has 0 aliphatic heterocycles. The first kappa shape index (κ1) is 17.2. The number of rotatable bonds is 7. The molecule has 8 heteroatoms. The van der Waals surface area contributed by atoms with E-state index in [9.17, 15) is 9.59 Å². The number of carboxylic acids is 1. The van der Waals surface area contributed by atoms with Crippen molar-refractivity contribution in [2.45, 2.75) is 6.42 Å². The summed E-state index contributed by atoms with van der Waals surface area (Å²) in [7, 11) is 0. The largest absolute Gasteiger partial charge is 0.484 e. The van der Waals surface area contributed by atoms with Crippen LogP contribution in [0.2, 0.25) is 0 Å². The molecule has 0 fully saturated rings. The van der Waals surface area contributed by atoms with Crippen LogP contribution in [-0.2, 0) is 11.2 Å². The highest BCUT2D eigenvalue weighted by atomic mass is 16.5. The average molecular weight is 353 g/mol. The van der Waals surface area contributed by atoms with Gasteiger partial charge in [0, 0.05) is 5.69 Å². The molecule has 0 saturated heterocycles. The molecule has 0 spiro atoms. The summed E-state index contributed by atoms with van der Waals surface area (Å²) in [4.78, 5) is 22.9. The Morgan fingerprint density at radius 2 is 1.96 bits per heavy atom. The average Bonchev–Trinajstić information content (AvgIpc) is 3.14. The number of carbonyl (C=O) groups is 2. The number of anilines is 1. The summed E-state index contributed by atoms with van der Waals surface area (Å²) in [6.07, 6.45) is 1.79. The zero-order valence-electron chi connectivity index (χ0n) is 13.6. The number of benzene rings is 2. The van der Waals surface area contributed by atoms with Gasteiger partial charge in [0.25, 0.3) is 5.91 Å². The van der Waals surface area contributed by atoms with Gasteiger partial charge in [-0.3, -0.25) is 4.79 Å². The van der Waals surface area contributed by atoms with E-state index in [-0.39, 0.29) is 18.1 Å². The lowest BCUT2D eigenvalue weighted by Gasteiger charge is -2.08. The van der Waals surface area contributed by atoms with Crippen LogP contribution in [0, 0.1) is 0 Å². The summed E-state index contributed by atoms with van der Waals surface area (Å²) >= 11 is 0. The lowest BCUT2D eigenvalue weighted by atomic mass is 10.1. The molecule has 2 aromatic carbocycles. The van der Waals surface area contributed by atoms with Crippen LogP contribution in [0.25, 0.3) is 0 Å². The molecule has 0 bridgehead atoms. The fourth-order valence-corrected chi connectivity index (χ4v) is 2.23. The fraction of sp³-hybridized carbons (Fsp3) is 0.111. The highest BCUT2D eigenvalue weighted by molar-refractivity contribution is 5.94. The predicted molar refractivity (Wildman–Crippen MR) is 91.1 cm³/mol. The zero-order chi connectivity index (χ0) is 18.4. The van der Waals surface area contributed by atoms with E-state index in [2.05, 4.69) is 15.5 Å². The van der Waals surface area contributed by atoms with Gasteiger partial charge in [-0.2, -0.15) is 0 Å². The minimum Gasteiger partial charge on any atom is -0.484 e. The van der Waals surface area contributed by atoms with Gasteiger partial charge < -0.3 is 19.6 Å². The van der Waals surface area contributed by atoms with Gasteiger partial charge in [0.1, 0.15) is 5.75 Å². The van der Waals surface area contributed by atoms with Gasteiger partial charge in [-0.05, 0) is 35.9 Å². The number of aromatic carboxylic acids is 1. The van der Waals surface area contributed by atoms with Crippen molar-refractivity contribution in [2.75, 3.05) is 11.9 Å². The van der Waals surface area contributed by atoms with E-state index in [1.807, 2.05) is 12.1 Å². The molecule has 0 aliphatic rings. The summed E-state index contributed by atoms with van der Waals surface area (Å²) in [5, 5.41) is 19.0. The van der Waals surface area contributed by atoms with Gasteiger partial charge in [0.05, 0.1) is 12.0 Å². The van der Waals surface area contributed by atoms with Gasteiger partial charge in [-0.25, -0.2) is 4.79 Å². The van der Waals surface area contributed by atoms with Gasteiger partial charge in [0.15, 0.2) is 6.61 Å². The van der Waals surface area contributed by atoms with Crippen LogP contribution >= 0.6 is 0 Å². The van der Waals surface area contributed by atoms with Crippen molar-refractivity contribution < 1.29 is 23.8 Å². The Labute approximate surface area is 148 Å². The molecule has 2 N–H and O–H groups in total. The van der Waals surface area contributed by atoms with Crippen molar-refractivity contribution in [2.24, 2.45) is 0 Å². The molecule has 132 valence electrons. The number of amides is 1. The third kappa shape index (κ3) is 4.67. The topological polar surface area (TPSA) is 115 Å². The quantitative estimate of drug-likeness (QED) is 0.670. The Balaban J connectivity index is 1.51. The number of hydrogen-bond acceptors (Lipinski definition) is 6. The second kappa shape index (κ2) is 7.93. The van der Waals surface area contributed by atoms with Gasteiger partial charge in [-0.1, -0.05) is 18.2 Å². The third-order valence-electron chi connectivity index (χ3n) is 3.45. The number of nitrogens with one attached hydrogen (secondary N) is 1. The summed E-state index contributed by atoms with van der Waals surface area (Å²) < 4.78 is 10.5. The molecule has 0 radical (unpaired) electrons. The second-order valence-electron chi connectivity index (χ2n) is 5.38. The van der Waals surface area contributed by atoms with Crippen LogP contribution < -0.4 is 10.1 Å². The van der Waals surface area contributed by atoms with Crippen LogP contribution in [0.1, 0.15) is 21.8 Å². The molecule has 0 atom stereocenters. The molecule has 1 heterocycles. The second-order valence-corrected chi connectivity index (χ2v) is 5.38. The molecule has 1 amide bonds. The number of carboxylic acid groups (broad SMARTS) is 1. The summed E-state index contributed by atoms with van der Waals surface area (Å²) in [6, 6.07) is 13.2. The van der Waals surface area contributed by atoms with Crippen LogP contribution in [0.15, 0.2) is 59.3 Å². The SMILES string of the molecule is O=C(COc1ccc(Cc2nnco2)cc1)Nc1cccc(C(=O)O)c1. The Kier molecular flexibility index (Phi) is 5.23. The molecule has 3 rings (SSSR count). The van der Waals surface area contributed by atoms with E-state index < -0.39 is 5.97 Å². The normalized spacial score (nSPS) is 10.3. The van der Waals surface area contributed by atoms with Crippen LogP contribution in [0.4, 0.5) is 5.69 Å². The smallest absolute Gasteiger partial charge is 0.335 e. The monoisotopic (exact) mass is 353 g/mol. The highest BCUT2D eigenvalue weighted by Crippen LogP contribution is 2.15. The summed E-state index contributed by atoms with van der Waals surface area (Å²) in [6.45, 7) is -0.194. The van der Waals surface area contributed by atoms with E-state index in [0.717, 1.165) is 5.56 Å². The standard InChI is InChI=1S/C18H15N3O5/c22-16(20-14-3-1-2-13(9-14)18(23)24)10-25-15-6-4-12(5-7-15)8-17-21-19-11-26-17/h1-7,9,11H,8,10H2,(H,20,22)(H,23,24). The molecule has 0 saturated carbocycles. The minimum absolute atomic E-state index is 0.0977. The third-order valence-corrected chi connectivity index (χ3v) is 3.45. The maximum Gasteiger partial charge on any atom is 0.335 e. The fourth-order valence-electron chi connectivity index (χ4n) is 2.23. The molecule has 0 aliphatic carbocycles. The van der Waals surface area contributed by atoms with Crippen LogP contribution in [0.3, 0.4) is 0 Å². The number of hydrogen-bond donors (Lipinski definition) is 2. The number of ether oxygens (including phenoxy) is 1. The van der Waals surface area contributed by atoms with Crippen LogP contribution in [-0.4, -0.2) is 33.8 Å². The van der Waals surface area contributed by atoms with Crippen molar-refractivity contribution in [1.29, 1.82) is 0 Å². The first-order valence-corrected chi connectivity index (χ1v) is 7.70. The first-order valence-electron chi connectivity index (χ1n) is 7.70. The molecule has 0 unspecified atom stereocenters. The first-order chi connectivity index (χ1) is 12.6. The van der Waals surface area contributed by atoms with Gasteiger partial charge in [0.2, 0.25) is 12.3 Å². The maximum atomic E-state index is 11.9. The van der Waals surface area contributed by atoms with Gasteiger partial charge >= 0.3 is 5.97 Å². The van der Waals surface area contributed by atoms with Crippen molar-refractivity contribution in [1.82, 2.24) is 10.2 Å². The van der Waals surface area contributed by atoms with E-state index in [0.29, 0.717) is 23.7 Å². The van der Waals surface area contributed by atoms with E-state index in [1.54, 1.807) is 24.3 Å². The van der Waals surface area contributed by atoms with Crippen molar-refractivity contribution in [3.8, 4) is 5.75 Å². The Morgan fingerprint density at radius 3 is 2.65 bits per heavy atom. The predicted octanol–water partition coefficient (Wildman–Crippen LogP) is 2.38. The Bertz CT molecular complexity index is 891. The number of aromatic nitrogens is 2. The Morgan fingerprint density at radius 1 is 1.15 bits per heavy atom. The van der Waals surface area contributed by atoms with E-state index in [1.165, 1.54) is 18.5 Å².